The number of aldehydes is 1. The third-order valence-corrected chi connectivity index (χ3v) is 1.57. The standard InChI is InChI=1S/C7H7F3O3/c1-2-7(10,6(8)9)5(13)4(12)3-11/h3,6H,2H2,1H3. The molecule has 0 bridgehead atoms. The van der Waals surface area contributed by atoms with Crippen molar-refractivity contribution in [1.82, 2.24) is 0 Å². The van der Waals surface area contributed by atoms with Crippen LogP contribution in [0, 0.1) is 0 Å². The molecule has 1 atom stereocenters. The SMILES string of the molecule is CCC(F)(C(=O)C(=O)C=O)C(F)F. The predicted octanol–water partition coefficient (Wildman–Crippen LogP) is 0.707. The lowest BCUT2D eigenvalue weighted by Gasteiger charge is -2.18. The van der Waals surface area contributed by atoms with Gasteiger partial charge in [-0.3, -0.25) is 14.4 Å². The lowest BCUT2D eigenvalue weighted by Crippen LogP contribution is -2.45. The molecule has 0 rings (SSSR count). The Kier molecular flexibility index (Phi) is 3.77. The molecule has 0 saturated heterocycles. The van der Waals surface area contributed by atoms with Gasteiger partial charge in [-0.05, 0) is 6.42 Å². The highest BCUT2D eigenvalue weighted by Gasteiger charge is 2.49. The van der Waals surface area contributed by atoms with Crippen molar-refractivity contribution in [3.05, 3.63) is 0 Å². The minimum Gasteiger partial charge on any atom is -0.294 e. The highest BCUT2D eigenvalue weighted by Crippen LogP contribution is 2.25. The summed E-state index contributed by atoms with van der Waals surface area (Å²) in [6.45, 7) is 0.988. The van der Waals surface area contributed by atoms with Gasteiger partial charge in [0.25, 0.3) is 12.2 Å². The summed E-state index contributed by atoms with van der Waals surface area (Å²) in [5.74, 6) is -3.76. The number of hydrogen-bond donors (Lipinski definition) is 0. The summed E-state index contributed by atoms with van der Waals surface area (Å²) < 4.78 is 36.9. The molecule has 0 heterocycles. The van der Waals surface area contributed by atoms with E-state index in [0.717, 1.165) is 6.92 Å². The number of carbonyl (C=O) groups excluding carboxylic acids is 3. The van der Waals surface area contributed by atoms with Crippen LogP contribution in [0.3, 0.4) is 0 Å². The van der Waals surface area contributed by atoms with Crippen LogP contribution >= 0.6 is 0 Å². The molecule has 0 aliphatic carbocycles. The molecule has 0 fully saturated rings. The molecular formula is C7H7F3O3. The van der Waals surface area contributed by atoms with Crippen LogP contribution in [0.2, 0.25) is 0 Å². The molecule has 3 nitrogen and oxygen atoms in total. The average molecular weight is 196 g/mol. The van der Waals surface area contributed by atoms with Gasteiger partial charge in [-0.2, -0.15) is 0 Å². The maximum Gasteiger partial charge on any atom is 0.279 e. The number of rotatable bonds is 5. The summed E-state index contributed by atoms with van der Waals surface area (Å²) in [6.07, 6.45) is -4.92. The van der Waals surface area contributed by atoms with Gasteiger partial charge in [0, 0.05) is 0 Å². The third kappa shape index (κ3) is 2.13. The number of alkyl halides is 3. The lowest BCUT2D eigenvalue weighted by atomic mass is 9.95. The van der Waals surface area contributed by atoms with Crippen LogP contribution in [0.4, 0.5) is 13.2 Å². The summed E-state index contributed by atoms with van der Waals surface area (Å²) in [7, 11) is 0. The van der Waals surface area contributed by atoms with Gasteiger partial charge in [0.1, 0.15) is 0 Å². The van der Waals surface area contributed by atoms with E-state index in [9.17, 15) is 27.6 Å². The quantitative estimate of drug-likeness (QED) is 0.369. The maximum absolute atomic E-state index is 13.0. The number of ketones is 2. The van der Waals surface area contributed by atoms with Gasteiger partial charge in [0.05, 0.1) is 0 Å². The smallest absolute Gasteiger partial charge is 0.279 e. The van der Waals surface area contributed by atoms with E-state index in [1.165, 1.54) is 0 Å². The van der Waals surface area contributed by atoms with Crippen LogP contribution in [0.1, 0.15) is 13.3 Å². The van der Waals surface area contributed by atoms with Gasteiger partial charge in [0.2, 0.25) is 11.5 Å². The van der Waals surface area contributed by atoms with Crippen molar-refractivity contribution in [1.29, 1.82) is 0 Å². The van der Waals surface area contributed by atoms with E-state index in [1.807, 2.05) is 0 Å². The van der Waals surface area contributed by atoms with E-state index in [0.29, 0.717) is 0 Å². The van der Waals surface area contributed by atoms with Crippen molar-refractivity contribution in [2.24, 2.45) is 0 Å². The largest absolute Gasteiger partial charge is 0.294 e. The van der Waals surface area contributed by atoms with Crippen LogP contribution in [-0.4, -0.2) is 29.9 Å². The summed E-state index contributed by atoms with van der Waals surface area (Å²) in [4.78, 5) is 30.7. The summed E-state index contributed by atoms with van der Waals surface area (Å²) >= 11 is 0. The zero-order valence-corrected chi connectivity index (χ0v) is 6.72. The Bertz CT molecular complexity index is 239. The lowest BCUT2D eigenvalue weighted by molar-refractivity contribution is -0.153. The zero-order chi connectivity index (χ0) is 10.6. The van der Waals surface area contributed by atoms with Crippen LogP contribution in [-0.2, 0) is 14.4 Å². The molecule has 0 radical (unpaired) electrons. The molecular weight excluding hydrogens is 189 g/mol. The molecule has 0 aromatic heterocycles. The summed E-state index contributed by atoms with van der Waals surface area (Å²) in [6, 6.07) is 0. The number of Topliss-reactive ketones (excluding diaryl/α,β-unsaturated/α-hetero) is 2. The van der Waals surface area contributed by atoms with Gasteiger partial charge in [-0.25, -0.2) is 13.2 Å². The molecule has 0 aliphatic heterocycles. The van der Waals surface area contributed by atoms with Crippen molar-refractivity contribution in [2.45, 2.75) is 25.4 Å². The number of halogens is 3. The van der Waals surface area contributed by atoms with Crippen molar-refractivity contribution in [3.63, 3.8) is 0 Å². The first kappa shape index (κ1) is 11.8. The summed E-state index contributed by atoms with van der Waals surface area (Å²) in [5.41, 5.74) is -3.53. The fourth-order valence-electron chi connectivity index (χ4n) is 0.672. The Morgan fingerprint density at radius 2 is 1.92 bits per heavy atom. The molecule has 1 unspecified atom stereocenters. The first-order valence-corrected chi connectivity index (χ1v) is 3.41. The minimum atomic E-state index is -3.60. The normalized spacial score (nSPS) is 15.2. The molecule has 0 spiro atoms. The van der Waals surface area contributed by atoms with E-state index < -0.39 is 36.4 Å². The molecule has 0 aliphatic rings. The first-order chi connectivity index (χ1) is 5.90. The van der Waals surface area contributed by atoms with Crippen molar-refractivity contribution in [3.8, 4) is 0 Å². The summed E-state index contributed by atoms with van der Waals surface area (Å²) in [5, 5.41) is 0. The van der Waals surface area contributed by atoms with Crippen molar-refractivity contribution in [2.75, 3.05) is 0 Å². The average Bonchev–Trinajstić information content (AvgIpc) is 2.13. The van der Waals surface area contributed by atoms with Gasteiger partial charge < -0.3 is 0 Å². The fourth-order valence-corrected chi connectivity index (χ4v) is 0.672. The predicted molar refractivity (Wildman–Crippen MR) is 36.2 cm³/mol. The van der Waals surface area contributed by atoms with Crippen LogP contribution in [0.15, 0.2) is 0 Å². The topological polar surface area (TPSA) is 51.2 Å². The molecule has 0 saturated carbocycles. The fraction of sp³-hybridized carbons (Fsp3) is 0.571. The highest BCUT2D eigenvalue weighted by atomic mass is 19.3. The Hall–Kier alpha value is -1.20. The first-order valence-electron chi connectivity index (χ1n) is 3.41. The van der Waals surface area contributed by atoms with E-state index in [-0.39, 0.29) is 0 Å². The second-order valence-corrected chi connectivity index (χ2v) is 2.33. The zero-order valence-electron chi connectivity index (χ0n) is 6.72. The van der Waals surface area contributed by atoms with E-state index in [1.54, 1.807) is 0 Å². The van der Waals surface area contributed by atoms with Crippen LogP contribution < -0.4 is 0 Å². The molecule has 74 valence electrons. The highest BCUT2D eigenvalue weighted by molar-refractivity contribution is 6.59. The third-order valence-electron chi connectivity index (χ3n) is 1.57. The number of carbonyl (C=O) groups is 3. The second kappa shape index (κ2) is 4.15. The second-order valence-electron chi connectivity index (χ2n) is 2.33. The monoisotopic (exact) mass is 196 g/mol. The Morgan fingerprint density at radius 1 is 1.46 bits per heavy atom. The minimum absolute atomic E-state index is 0.477. The molecule has 0 aromatic rings. The molecule has 13 heavy (non-hydrogen) atoms. The maximum atomic E-state index is 13.0. The van der Waals surface area contributed by atoms with E-state index in [2.05, 4.69) is 0 Å². The van der Waals surface area contributed by atoms with Gasteiger partial charge in [0.15, 0.2) is 6.29 Å². The molecule has 0 amide bonds. The van der Waals surface area contributed by atoms with E-state index in [4.69, 9.17) is 0 Å². The molecule has 0 aromatic carbocycles. The molecule has 6 heteroatoms. The van der Waals surface area contributed by atoms with Gasteiger partial charge in [-0.1, -0.05) is 6.92 Å². The molecule has 0 N–H and O–H groups in total. The van der Waals surface area contributed by atoms with E-state index >= 15 is 0 Å². The van der Waals surface area contributed by atoms with Gasteiger partial charge in [-0.15, -0.1) is 0 Å². The Labute approximate surface area is 71.9 Å². The number of hydrogen-bond acceptors (Lipinski definition) is 3. The van der Waals surface area contributed by atoms with Crippen LogP contribution in [0.25, 0.3) is 0 Å². The van der Waals surface area contributed by atoms with Crippen LogP contribution in [0.5, 0.6) is 0 Å². The Balaban J connectivity index is 4.87. The Morgan fingerprint density at radius 3 is 2.15 bits per heavy atom. The van der Waals surface area contributed by atoms with Crippen molar-refractivity contribution < 1.29 is 27.6 Å². The van der Waals surface area contributed by atoms with Gasteiger partial charge >= 0.3 is 0 Å². The van der Waals surface area contributed by atoms with Crippen molar-refractivity contribution >= 4 is 17.9 Å².